The van der Waals surface area contributed by atoms with Gasteiger partial charge in [0, 0.05) is 80.0 Å². The molecule has 2 aliphatic rings. The Bertz CT molecular complexity index is 1680. The average Bonchev–Trinajstić information content (AvgIpc) is 2.98. The first-order valence-electron chi connectivity index (χ1n) is 13.9. The number of β-amino-alcohol motifs (C(OH)–C–C–N with tert-alkyl or cyclic N) is 1. The number of nitrogens with zero attached hydrogens (tertiary/aromatic N) is 4. The van der Waals surface area contributed by atoms with Crippen molar-refractivity contribution < 1.29 is 24.2 Å². The third kappa shape index (κ3) is 6.60. The summed E-state index contributed by atoms with van der Waals surface area (Å²) >= 11 is 6.42. The first-order chi connectivity index (χ1) is 20.3. The number of piperidine rings is 1. The van der Waals surface area contributed by atoms with Crippen LogP contribution < -0.4 is 15.1 Å². The van der Waals surface area contributed by atoms with Crippen LogP contribution in [0.1, 0.15) is 17.9 Å². The van der Waals surface area contributed by atoms with Crippen molar-refractivity contribution in [3.8, 4) is 22.8 Å². The molecule has 2 atom stereocenters. The van der Waals surface area contributed by atoms with Crippen LogP contribution in [0.2, 0.25) is 5.02 Å². The van der Waals surface area contributed by atoms with Gasteiger partial charge in [-0.05, 0) is 44.3 Å². The number of aromatic nitrogens is 1. The number of ether oxygens (including phenoxy) is 1. The van der Waals surface area contributed by atoms with Crippen molar-refractivity contribution in [2.24, 2.45) is 0 Å². The lowest BCUT2D eigenvalue weighted by atomic mass is 9.85. The fourth-order valence-electron chi connectivity index (χ4n) is 5.83. The molecule has 6 rings (SSSR count). The van der Waals surface area contributed by atoms with Crippen molar-refractivity contribution in [3.63, 3.8) is 0 Å². The van der Waals surface area contributed by atoms with Crippen LogP contribution in [0.3, 0.4) is 0 Å². The molecule has 2 aromatic carbocycles. The number of carbonyl (C=O) groups excluding carboxylic acids is 1. The summed E-state index contributed by atoms with van der Waals surface area (Å²) in [5.74, 6) is -0.632. The number of fused-ring (bicyclic) bond motifs is 1. The number of carbonyl (C=O) groups is 1. The van der Waals surface area contributed by atoms with E-state index in [9.17, 15) is 19.8 Å². The van der Waals surface area contributed by atoms with E-state index in [1.807, 2.05) is 24.1 Å². The molecule has 4 aromatic rings. The standard InChI is InChI=1S/C31H31ClN4O6.2ClH/c1-34-11-8-21(25(39)18-34)28-27(42-31(40)36-14-12-35(13-15-36)19-6-9-33-10-7-19)17-24(38)29-23(37)16-26(41-30(28)29)20-4-2-3-5-22(20)32;;/h2-7,9-10,16-17,21,25,38-39H,8,11-15,18H2,1H3;2*1H/t21-,25+;;/m0../s1. The second-order valence-electron chi connectivity index (χ2n) is 10.7. The van der Waals surface area contributed by atoms with Crippen LogP contribution >= 0.6 is 36.4 Å². The van der Waals surface area contributed by atoms with Crippen LogP contribution in [0.15, 0.2) is 70.1 Å². The number of pyridine rings is 1. The van der Waals surface area contributed by atoms with Gasteiger partial charge in [0.2, 0.25) is 0 Å². The minimum absolute atomic E-state index is 0. The number of hydrogen-bond acceptors (Lipinski definition) is 9. The zero-order valence-electron chi connectivity index (χ0n) is 23.9. The molecule has 1 amide bonds. The van der Waals surface area contributed by atoms with Gasteiger partial charge in [-0.2, -0.15) is 0 Å². The van der Waals surface area contributed by atoms with E-state index < -0.39 is 23.5 Å². The number of aromatic hydroxyl groups is 1. The molecule has 10 nitrogen and oxygen atoms in total. The number of phenolic OH excluding ortho intramolecular Hbond substituents is 1. The molecule has 0 unspecified atom stereocenters. The molecular formula is C31H33Cl3N4O6. The fourth-order valence-corrected chi connectivity index (χ4v) is 6.06. The number of likely N-dealkylation sites (N-methyl/N-ethyl adjacent to an activating group) is 1. The maximum atomic E-state index is 13.4. The molecule has 0 radical (unpaired) electrons. The van der Waals surface area contributed by atoms with E-state index in [0.29, 0.717) is 61.8 Å². The van der Waals surface area contributed by atoms with Crippen molar-refractivity contribution in [1.82, 2.24) is 14.8 Å². The number of hydrogen-bond donors (Lipinski definition) is 2. The summed E-state index contributed by atoms with van der Waals surface area (Å²) in [7, 11) is 1.91. The molecule has 0 bridgehead atoms. The molecule has 0 aliphatic carbocycles. The van der Waals surface area contributed by atoms with Crippen LogP contribution in [-0.4, -0.2) is 83.5 Å². The van der Waals surface area contributed by atoms with Gasteiger partial charge in [0.25, 0.3) is 0 Å². The van der Waals surface area contributed by atoms with E-state index >= 15 is 0 Å². The molecule has 2 N–H and O–H groups in total. The van der Waals surface area contributed by atoms with Crippen molar-refractivity contribution in [2.45, 2.75) is 18.4 Å². The zero-order chi connectivity index (χ0) is 29.4. The SMILES string of the molecule is CN1CC[C@H](c2c(OC(=O)N3CCN(c4ccncc4)CC3)cc(O)c3c(=O)cc(-c4ccccc4Cl)oc23)[C@H](O)C1.Cl.Cl. The quantitative estimate of drug-likeness (QED) is 0.305. The maximum Gasteiger partial charge on any atom is 0.415 e. The highest BCUT2D eigenvalue weighted by molar-refractivity contribution is 6.33. The molecule has 2 aromatic heterocycles. The summed E-state index contributed by atoms with van der Waals surface area (Å²) in [6.07, 6.45) is 2.57. The zero-order valence-corrected chi connectivity index (χ0v) is 26.3. The van der Waals surface area contributed by atoms with Crippen molar-refractivity contribution in [3.05, 3.63) is 81.7 Å². The highest BCUT2D eigenvalue weighted by Crippen LogP contribution is 2.44. The monoisotopic (exact) mass is 662 g/mol. The Morgan fingerprint density at radius 3 is 2.43 bits per heavy atom. The molecule has 2 fully saturated rings. The largest absolute Gasteiger partial charge is 0.507 e. The Balaban J connectivity index is 0.00000221. The van der Waals surface area contributed by atoms with Crippen molar-refractivity contribution >= 4 is 59.2 Å². The smallest absolute Gasteiger partial charge is 0.415 e. The van der Waals surface area contributed by atoms with Gasteiger partial charge in [0.1, 0.15) is 28.2 Å². The highest BCUT2D eigenvalue weighted by atomic mass is 35.5. The summed E-state index contributed by atoms with van der Waals surface area (Å²) in [5, 5.41) is 22.5. The van der Waals surface area contributed by atoms with Crippen LogP contribution in [0.5, 0.6) is 11.5 Å². The number of aliphatic hydroxyl groups is 1. The molecule has 0 saturated carbocycles. The van der Waals surface area contributed by atoms with Gasteiger partial charge in [0.05, 0.1) is 11.1 Å². The van der Waals surface area contributed by atoms with Crippen molar-refractivity contribution in [1.29, 1.82) is 0 Å². The Labute approximate surface area is 271 Å². The third-order valence-corrected chi connectivity index (χ3v) is 8.37. The minimum Gasteiger partial charge on any atom is -0.507 e. The maximum absolute atomic E-state index is 13.4. The number of benzene rings is 2. The number of anilines is 1. The first kappa shape index (κ1) is 33.4. The van der Waals surface area contributed by atoms with Crippen LogP contribution in [-0.2, 0) is 0 Å². The molecule has 13 heteroatoms. The number of phenols is 1. The first-order valence-corrected chi connectivity index (χ1v) is 14.2. The molecule has 4 heterocycles. The van der Waals surface area contributed by atoms with Crippen LogP contribution in [0, 0.1) is 0 Å². The van der Waals surface area contributed by atoms with Gasteiger partial charge in [-0.25, -0.2) is 4.79 Å². The van der Waals surface area contributed by atoms with Crippen LogP contribution in [0.25, 0.3) is 22.3 Å². The van der Waals surface area contributed by atoms with Gasteiger partial charge < -0.3 is 34.1 Å². The van der Waals surface area contributed by atoms with Gasteiger partial charge in [-0.3, -0.25) is 9.78 Å². The summed E-state index contributed by atoms with van der Waals surface area (Å²) in [6.45, 7) is 3.13. The topological polar surface area (TPSA) is 120 Å². The number of rotatable bonds is 4. The lowest BCUT2D eigenvalue weighted by Gasteiger charge is -2.36. The number of amides is 1. The normalized spacial score (nSPS) is 18.8. The van der Waals surface area contributed by atoms with Gasteiger partial charge in [-0.1, -0.05) is 23.7 Å². The van der Waals surface area contributed by atoms with E-state index in [0.717, 1.165) is 5.69 Å². The lowest BCUT2D eigenvalue weighted by molar-refractivity contribution is 0.0627. The van der Waals surface area contributed by atoms with E-state index in [4.69, 9.17) is 20.8 Å². The summed E-state index contributed by atoms with van der Waals surface area (Å²) in [5.41, 5.74) is 1.49. The summed E-state index contributed by atoms with van der Waals surface area (Å²) < 4.78 is 12.2. The molecule has 2 saturated heterocycles. The summed E-state index contributed by atoms with van der Waals surface area (Å²) in [4.78, 5) is 36.6. The number of likely N-dealkylation sites (tertiary alicyclic amines) is 1. The third-order valence-electron chi connectivity index (χ3n) is 8.04. The lowest BCUT2D eigenvalue weighted by Crippen LogP contribution is -2.49. The van der Waals surface area contributed by atoms with E-state index in [1.54, 1.807) is 41.6 Å². The molecular weight excluding hydrogens is 631 g/mol. The van der Waals surface area contributed by atoms with Gasteiger partial charge >= 0.3 is 6.09 Å². The molecule has 234 valence electrons. The minimum atomic E-state index is -0.827. The Kier molecular flexibility index (Phi) is 10.6. The Morgan fingerprint density at radius 1 is 1.05 bits per heavy atom. The Morgan fingerprint density at radius 2 is 1.75 bits per heavy atom. The van der Waals surface area contributed by atoms with E-state index in [2.05, 4.69) is 9.88 Å². The van der Waals surface area contributed by atoms with Gasteiger partial charge in [0.15, 0.2) is 5.43 Å². The van der Waals surface area contributed by atoms with Crippen LogP contribution in [0.4, 0.5) is 10.5 Å². The molecule has 2 aliphatic heterocycles. The second kappa shape index (κ2) is 14.0. The average molecular weight is 664 g/mol. The Hall–Kier alpha value is -3.54. The predicted octanol–water partition coefficient (Wildman–Crippen LogP) is 5.16. The van der Waals surface area contributed by atoms with E-state index in [1.165, 1.54) is 12.1 Å². The number of piperazine rings is 1. The number of halogens is 3. The number of aliphatic hydroxyl groups excluding tert-OH is 1. The summed E-state index contributed by atoms with van der Waals surface area (Å²) in [6, 6.07) is 13.4. The molecule has 44 heavy (non-hydrogen) atoms. The highest BCUT2D eigenvalue weighted by Gasteiger charge is 2.35. The fraction of sp³-hybridized carbons (Fsp3) is 0.323. The van der Waals surface area contributed by atoms with E-state index in [-0.39, 0.29) is 53.0 Å². The van der Waals surface area contributed by atoms with Crippen molar-refractivity contribution in [2.75, 3.05) is 51.2 Å². The van der Waals surface area contributed by atoms with Gasteiger partial charge in [-0.15, -0.1) is 24.8 Å². The molecule has 0 spiro atoms. The predicted molar refractivity (Wildman–Crippen MR) is 174 cm³/mol. The second-order valence-corrected chi connectivity index (χ2v) is 11.1.